The number of carbonyl (C=O) groups is 6. The summed E-state index contributed by atoms with van der Waals surface area (Å²) in [6.45, 7) is 1.28. The van der Waals surface area contributed by atoms with Gasteiger partial charge in [0.1, 0.15) is 17.6 Å². The molecule has 278 valence electrons. The number of H-pyrrole nitrogens is 1. The van der Waals surface area contributed by atoms with Gasteiger partial charge in [-0.3, -0.25) is 44.1 Å². The fraction of sp³-hybridized carbons (Fsp3) is 0.257. The van der Waals surface area contributed by atoms with Gasteiger partial charge in [-0.25, -0.2) is 4.98 Å². The molecule has 3 aliphatic rings. The number of ether oxygens (including phenoxy) is 1. The smallest absolute Gasteiger partial charge is 0.420 e. The van der Waals surface area contributed by atoms with Crippen molar-refractivity contribution in [3.63, 3.8) is 0 Å². The van der Waals surface area contributed by atoms with Gasteiger partial charge in [-0.2, -0.15) is 5.10 Å². The number of fused-ring (bicyclic) bond motifs is 1. The maximum absolute atomic E-state index is 13.4. The number of imide groups is 2. The van der Waals surface area contributed by atoms with Crippen molar-refractivity contribution in [2.75, 3.05) is 48.3 Å². The number of nitrogens with zero attached hydrogens (tertiary/aromatic N) is 5. The summed E-state index contributed by atoms with van der Waals surface area (Å²) in [7, 11) is 0. The molecule has 1 unspecified atom stereocenters. The standard InChI is InChI=1S/C35H30ClF2N9O7/c36-35(37,38)54-21-6-4-20(5-7-21)42-31(50)19-16-23(24-10-11-41-44-24)30(40-17-19)46-14-12-45(13-15-46)28(49)18-39-25-3-1-2-22-29(25)34(53)47(33(22)52)26-8-9-27(48)43-32(26)51/h1-7,10-11,16-17,26,39H,8-9,12-15,18H2,(H,41,44)(H,42,50)(H,43,48,51). The van der Waals surface area contributed by atoms with Crippen LogP contribution in [0.5, 0.6) is 5.75 Å². The molecule has 16 nitrogen and oxygen atoms in total. The summed E-state index contributed by atoms with van der Waals surface area (Å²) < 4.78 is 30.2. The number of nitrogens with one attached hydrogen (secondary N) is 4. The zero-order valence-corrected chi connectivity index (χ0v) is 28.9. The van der Waals surface area contributed by atoms with E-state index in [-0.39, 0.29) is 53.4 Å². The Morgan fingerprint density at radius 2 is 1.74 bits per heavy atom. The second-order valence-electron chi connectivity index (χ2n) is 12.5. The Hall–Kier alpha value is -6.43. The third kappa shape index (κ3) is 7.40. The number of alkyl halides is 3. The number of pyridine rings is 1. The Bertz CT molecular complexity index is 2150. The molecule has 2 aromatic heterocycles. The second-order valence-corrected chi connectivity index (χ2v) is 12.9. The van der Waals surface area contributed by atoms with E-state index in [2.05, 4.69) is 35.9 Å². The van der Waals surface area contributed by atoms with Gasteiger partial charge in [0, 0.05) is 73.5 Å². The summed E-state index contributed by atoms with van der Waals surface area (Å²) in [5.41, 5.74) is -1.74. The number of piperazine rings is 1. The van der Waals surface area contributed by atoms with E-state index in [1.807, 2.05) is 4.90 Å². The summed E-state index contributed by atoms with van der Waals surface area (Å²) in [5, 5.41) is 14.8. The average Bonchev–Trinajstić information content (AvgIpc) is 3.78. The lowest BCUT2D eigenvalue weighted by atomic mass is 10.0. The molecule has 2 saturated heterocycles. The van der Waals surface area contributed by atoms with Crippen LogP contribution in [0.2, 0.25) is 0 Å². The summed E-state index contributed by atoms with van der Waals surface area (Å²) in [4.78, 5) is 86.2. The van der Waals surface area contributed by atoms with Gasteiger partial charge >= 0.3 is 5.57 Å². The summed E-state index contributed by atoms with van der Waals surface area (Å²) in [6, 6.07) is 12.1. The number of carbonyl (C=O) groups excluding carboxylic acids is 6. The van der Waals surface area contributed by atoms with Crippen LogP contribution in [0, 0.1) is 0 Å². The lowest BCUT2D eigenvalue weighted by Crippen LogP contribution is -2.54. The number of hydrogen-bond acceptors (Lipinski definition) is 11. The molecule has 7 rings (SSSR count). The fourth-order valence-electron chi connectivity index (χ4n) is 6.49. The summed E-state index contributed by atoms with van der Waals surface area (Å²) in [5.74, 6) is -2.91. The molecule has 0 radical (unpaired) electrons. The molecule has 1 atom stereocenters. The Balaban J connectivity index is 0.985. The molecule has 4 aromatic rings. The Labute approximate surface area is 309 Å². The predicted octanol–water partition coefficient (Wildman–Crippen LogP) is 3.05. The first kappa shape index (κ1) is 36.0. The molecular formula is C35H30ClF2N9O7. The zero-order valence-electron chi connectivity index (χ0n) is 28.1. The van der Waals surface area contributed by atoms with E-state index in [0.29, 0.717) is 48.9 Å². The number of aromatic nitrogens is 3. The Morgan fingerprint density at radius 3 is 2.43 bits per heavy atom. The number of benzene rings is 2. The molecule has 0 bridgehead atoms. The monoisotopic (exact) mass is 761 g/mol. The van der Waals surface area contributed by atoms with Crippen LogP contribution in [0.3, 0.4) is 0 Å². The highest BCUT2D eigenvalue weighted by Crippen LogP contribution is 2.33. The minimum Gasteiger partial charge on any atom is -0.420 e. The van der Waals surface area contributed by atoms with Crippen LogP contribution in [0.15, 0.2) is 67.0 Å². The molecule has 0 aliphatic carbocycles. The van der Waals surface area contributed by atoms with Crippen molar-refractivity contribution < 1.29 is 42.3 Å². The zero-order chi connectivity index (χ0) is 38.1. The number of piperidine rings is 1. The molecule has 0 saturated carbocycles. The van der Waals surface area contributed by atoms with Crippen LogP contribution in [0.4, 0.5) is 26.0 Å². The van der Waals surface area contributed by atoms with E-state index in [1.54, 1.807) is 35.4 Å². The first-order valence-electron chi connectivity index (χ1n) is 16.6. The highest BCUT2D eigenvalue weighted by molar-refractivity contribution is 6.25. The molecule has 6 amide bonds. The van der Waals surface area contributed by atoms with Crippen LogP contribution >= 0.6 is 11.6 Å². The second kappa shape index (κ2) is 14.5. The van der Waals surface area contributed by atoms with E-state index >= 15 is 0 Å². The highest BCUT2D eigenvalue weighted by Gasteiger charge is 2.45. The summed E-state index contributed by atoms with van der Waals surface area (Å²) >= 11 is 4.81. The van der Waals surface area contributed by atoms with Crippen molar-refractivity contribution >= 4 is 64.2 Å². The van der Waals surface area contributed by atoms with Gasteiger partial charge in [0.05, 0.1) is 28.9 Å². The molecule has 4 N–H and O–H groups in total. The van der Waals surface area contributed by atoms with Gasteiger partial charge in [0.25, 0.3) is 17.7 Å². The topological polar surface area (TPSA) is 199 Å². The van der Waals surface area contributed by atoms with Crippen LogP contribution in [0.25, 0.3) is 11.3 Å². The molecule has 0 spiro atoms. The van der Waals surface area contributed by atoms with Crippen molar-refractivity contribution in [3.05, 3.63) is 83.7 Å². The van der Waals surface area contributed by atoms with Crippen molar-refractivity contribution in [2.24, 2.45) is 0 Å². The average molecular weight is 762 g/mol. The van der Waals surface area contributed by atoms with Crippen molar-refractivity contribution in [2.45, 2.75) is 24.5 Å². The van der Waals surface area contributed by atoms with Gasteiger partial charge < -0.3 is 25.2 Å². The predicted molar refractivity (Wildman–Crippen MR) is 188 cm³/mol. The van der Waals surface area contributed by atoms with Crippen molar-refractivity contribution in [3.8, 4) is 17.0 Å². The molecule has 2 aromatic carbocycles. The number of rotatable bonds is 10. The van der Waals surface area contributed by atoms with Crippen LogP contribution in [-0.2, 0) is 14.4 Å². The molecule has 2 fully saturated rings. The molecule has 19 heteroatoms. The molecular weight excluding hydrogens is 732 g/mol. The van der Waals surface area contributed by atoms with Gasteiger partial charge in [0.2, 0.25) is 17.7 Å². The van der Waals surface area contributed by atoms with E-state index in [0.717, 1.165) is 4.90 Å². The van der Waals surface area contributed by atoms with E-state index in [1.165, 1.54) is 36.5 Å². The molecule has 5 heterocycles. The first-order valence-corrected chi connectivity index (χ1v) is 17.0. The number of hydrogen-bond donors (Lipinski definition) is 4. The summed E-state index contributed by atoms with van der Waals surface area (Å²) in [6.07, 6.45) is 2.99. The third-order valence-electron chi connectivity index (χ3n) is 9.10. The maximum Gasteiger partial charge on any atom is 0.487 e. The van der Waals surface area contributed by atoms with E-state index < -0.39 is 41.1 Å². The normalized spacial score (nSPS) is 17.3. The van der Waals surface area contributed by atoms with Crippen molar-refractivity contribution in [1.29, 1.82) is 0 Å². The largest absolute Gasteiger partial charge is 0.487 e. The van der Waals surface area contributed by atoms with E-state index in [4.69, 9.17) is 11.6 Å². The van der Waals surface area contributed by atoms with E-state index in [9.17, 15) is 37.5 Å². The number of halogens is 3. The van der Waals surface area contributed by atoms with Gasteiger partial charge in [-0.15, -0.1) is 8.78 Å². The maximum atomic E-state index is 13.4. The van der Waals surface area contributed by atoms with Crippen LogP contribution < -0.4 is 25.6 Å². The van der Waals surface area contributed by atoms with Gasteiger partial charge in [-0.1, -0.05) is 6.07 Å². The van der Waals surface area contributed by atoms with Gasteiger partial charge in [-0.05, 0) is 55.0 Å². The lowest BCUT2D eigenvalue weighted by molar-refractivity contribution is -0.136. The Kier molecular flexibility index (Phi) is 9.68. The lowest BCUT2D eigenvalue weighted by Gasteiger charge is -2.36. The van der Waals surface area contributed by atoms with Crippen LogP contribution in [-0.4, -0.2) is 105 Å². The Morgan fingerprint density at radius 1 is 0.981 bits per heavy atom. The third-order valence-corrected chi connectivity index (χ3v) is 9.17. The minimum atomic E-state index is -3.87. The van der Waals surface area contributed by atoms with Gasteiger partial charge in [0.15, 0.2) is 0 Å². The first-order chi connectivity index (χ1) is 25.9. The molecule has 3 aliphatic heterocycles. The molecule has 54 heavy (non-hydrogen) atoms. The number of anilines is 3. The highest BCUT2D eigenvalue weighted by atomic mass is 35.5. The SMILES string of the molecule is O=C1CCC(N2C(=O)c3cccc(NCC(=O)N4CCN(c5ncc(C(=O)Nc6ccc(OC(F)(F)Cl)cc6)cc5-c5ccn[nH]5)CC4)c3C2=O)C(=O)N1. The quantitative estimate of drug-likeness (QED) is 0.137. The van der Waals surface area contributed by atoms with Crippen molar-refractivity contribution in [1.82, 2.24) is 30.3 Å². The fourth-order valence-corrected chi connectivity index (χ4v) is 6.58. The number of amides is 6. The van der Waals surface area contributed by atoms with Crippen LogP contribution in [0.1, 0.15) is 43.9 Å². The number of aromatic amines is 1. The minimum absolute atomic E-state index is 0.00140.